The minimum absolute atomic E-state index is 0.0226. The molecule has 0 aliphatic carbocycles. The summed E-state index contributed by atoms with van der Waals surface area (Å²) in [5.74, 6) is -5.18. The second-order valence-corrected chi connectivity index (χ2v) is 8.73. The summed E-state index contributed by atoms with van der Waals surface area (Å²) in [6.07, 6.45) is -9.07. The van der Waals surface area contributed by atoms with E-state index in [9.17, 15) is 34.0 Å². The standard InChI is InChI=1S/C23H30F2N2O10/c1-10(2)27-11(3)13(8-14-15(24)6-12(33-4)7-16(14)25)21(26-27)37-23(32)20(30)19(29)18(28)17(36-23)9-35-22(31)34-5/h6-7,10,17-20,28-30,32H,8-9H2,1-5H3/t17-,18-,19+,20-,23+/m1/s1. The number of benzene rings is 1. The van der Waals surface area contributed by atoms with Crippen molar-refractivity contribution in [2.45, 2.75) is 63.6 Å². The van der Waals surface area contributed by atoms with E-state index < -0.39 is 54.8 Å². The maximum absolute atomic E-state index is 14.7. The Balaban J connectivity index is 1.99. The Morgan fingerprint density at radius 2 is 1.78 bits per heavy atom. The molecule has 2 aromatic rings. The zero-order valence-corrected chi connectivity index (χ0v) is 20.8. The monoisotopic (exact) mass is 532 g/mol. The van der Waals surface area contributed by atoms with Gasteiger partial charge in [-0.25, -0.2) is 13.6 Å². The lowest BCUT2D eigenvalue weighted by Gasteiger charge is -2.44. The largest absolute Gasteiger partial charge is 0.508 e. The maximum Gasteiger partial charge on any atom is 0.508 e. The molecule has 1 aromatic carbocycles. The molecule has 1 aliphatic rings. The van der Waals surface area contributed by atoms with Crippen molar-refractivity contribution in [2.75, 3.05) is 20.8 Å². The molecule has 14 heteroatoms. The molecule has 1 aliphatic heterocycles. The van der Waals surface area contributed by atoms with Gasteiger partial charge in [-0.2, -0.15) is 0 Å². The molecule has 4 N–H and O–H groups in total. The molecule has 206 valence electrons. The van der Waals surface area contributed by atoms with Crippen LogP contribution in [0.2, 0.25) is 0 Å². The molecular weight excluding hydrogens is 502 g/mol. The second kappa shape index (κ2) is 11.1. The number of nitrogens with zero attached hydrogens (tertiary/aromatic N) is 2. The number of halogens is 2. The Hall–Kier alpha value is -3.04. The van der Waals surface area contributed by atoms with Gasteiger partial charge in [0.2, 0.25) is 5.88 Å². The van der Waals surface area contributed by atoms with E-state index in [1.165, 1.54) is 11.8 Å². The Kier molecular flexibility index (Phi) is 8.59. The topological polar surface area (TPSA) is 162 Å². The van der Waals surface area contributed by atoms with Crippen LogP contribution >= 0.6 is 0 Å². The number of carbonyl (C=O) groups excluding carboxylic acids is 1. The third-order valence-electron chi connectivity index (χ3n) is 5.95. The second-order valence-electron chi connectivity index (χ2n) is 8.73. The SMILES string of the molecule is COC(=O)OC[C@H]1O[C@](O)(Oc2nn(C(C)C)c(C)c2Cc2c(F)cc(OC)cc2F)[C@H](O)[C@@H](O)[C@@H]1O. The van der Waals surface area contributed by atoms with Gasteiger partial charge in [-0.1, -0.05) is 0 Å². The summed E-state index contributed by atoms with van der Waals surface area (Å²) in [6, 6.07) is 1.76. The van der Waals surface area contributed by atoms with E-state index in [2.05, 4.69) is 9.84 Å². The predicted octanol–water partition coefficient (Wildman–Crippen LogP) is 0.939. The number of aliphatic hydroxyl groups excluding tert-OH is 3. The molecule has 0 bridgehead atoms. The molecule has 0 radical (unpaired) electrons. The molecule has 1 fully saturated rings. The molecule has 0 unspecified atom stereocenters. The van der Waals surface area contributed by atoms with Gasteiger partial charge in [0.25, 0.3) is 0 Å². The molecule has 37 heavy (non-hydrogen) atoms. The van der Waals surface area contributed by atoms with Crippen LogP contribution in [-0.4, -0.2) is 87.6 Å². The summed E-state index contributed by atoms with van der Waals surface area (Å²) >= 11 is 0. The molecule has 1 saturated heterocycles. The first-order valence-corrected chi connectivity index (χ1v) is 11.3. The number of aromatic nitrogens is 2. The third kappa shape index (κ3) is 5.78. The minimum atomic E-state index is -3.00. The van der Waals surface area contributed by atoms with Gasteiger partial charge in [0.1, 0.15) is 42.3 Å². The number of ether oxygens (including phenoxy) is 5. The van der Waals surface area contributed by atoms with Crippen LogP contribution in [0, 0.1) is 18.6 Å². The fourth-order valence-corrected chi connectivity index (χ4v) is 3.90. The molecule has 1 aromatic heterocycles. The Bertz CT molecular complexity index is 1100. The summed E-state index contributed by atoms with van der Waals surface area (Å²) in [6.45, 7) is 4.49. The van der Waals surface area contributed by atoms with Crippen LogP contribution in [0.15, 0.2) is 12.1 Å². The summed E-state index contributed by atoms with van der Waals surface area (Å²) in [7, 11) is 2.31. The zero-order chi connectivity index (χ0) is 27.7. The van der Waals surface area contributed by atoms with E-state index >= 15 is 0 Å². The van der Waals surface area contributed by atoms with Crippen molar-refractivity contribution in [3.8, 4) is 11.6 Å². The maximum atomic E-state index is 14.7. The Morgan fingerprint density at radius 3 is 2.32 bits per heavy atom. The van der Waals surface area contributed by atoms with Crippen molar-refractivity contribution in [1.82, 2.24) is 9.78 Å². The van der Waals surface area contributed by atoms with Gasteiger partial charge in [-0.3, -0.25) is 4.68 Å². The van der Waals surface area contributed by atoms with Gasteiger partial charge >= 0.3 is 12.1 Å². The van der Waals surface area contributed by atoms with E-state index in [1.54, 1.807) is 20.8 Å². The minimum Gasteiger partial charge on any atom is -0.497 e. The first-order chi connectivity index (χ1) is 17.3. The number of carbonyl (C=O) groups is 1. The first-order valence-electron chi connectivity index (χ1n) is 11.3. The Morgan fingerprint density at radius 1 is 1.16 bits per heavy atom. The quantitative estimate of drug-likeness (QED) is 0.283. The van der Waals surface area contributed by atoms with Crippen molar-refractivity contribution < 1.29 is 57.7 Å². The lowest BCUT2D eigenvalue weighted by molar-refractivity contribution is -0.423. The molecule has 0 spiro atoms. The third-order valence-corrected chi connectivity index (χ3v) is 5.95. The molecule has 3 rings (SSSR count). The highest BCUT2D eigenvalue weighted by Crippen LogP contribution is 2.35. The van der Waals surface area contributed by atoms with Crippen LogP contribution in [0.4, 0.5) is 13.6 Å². The molecule has 0 saturated carbocycles. The molecule has 2 heterocycles. The fourth-order valence-electron chi connectivity index (χ4n) is 3.90. The van der Waals surface area contributed by atoms with Gasteiger partial charge in [-0.05, 0) is 20.8 Å². The van der Waals surface area contributed by atoms with E-state index in [4.69, 9.17) is 18.9 Å². The lowest BCUT2D eigenvalue weighted by Crippen LogP contribution is -2.67. The fraction of sp³-hybridized carbons (Fsp3) is 0.565. The highest BCUT2D eigenvalue weighted by atomic mass is 19.1. The molecule has 0 amide bonds. The van der Waals surface area contributed by atoms with E-state index in [1.807, 2.05) is 0 Å². The normalized spacial score (nSPS) is 25.7. The van der Waals surface area contributed by atoms with Gasteiger partial charge < -0.3 is 44.1 Å². The number of methoxy groups -OCH3 is 2. The highest BCUT2D eigenvalue weighted by molar-refractivity contribution is 5.59. The van der Waals surface area contributed by atoms with Crippen LogP contribution in [0.1, 0.15) is 36.7 Å². The van der Waals surface area contributed by atoms with Crippen LogP contribution in [-0.2, 0) is 20.6 Å². The summed E-state index contributed by atoms with van der Waals surface area (Å²) < 4.78 is 55.6. The number of aliphatic hydroxyl groups is 4. The molecule has 5 atom stereocenters. The van der Waals surface area contributed by atoms with Crippen molar-refractivity contribution in [3.63, 3.8) is 0 Å². The van der Waals surface area contributed by atoms with Crippen LogP contribution < -0.4 is 9.47 Å². The number of rotatable bonds is 8. The average Bonchev–Trinajstić information content (AvgIpc) is 3.15. The molecule has 12 nitrogen and oxygen atoms in total. The molecular formula is C23H30F2N2O10. The van der Waals surface area contributed by atoms with Crippen molar-refractivity contribution >= 4 is 6.16 Å². The van der Waals surface area contributed by atoms with Crippen molar-refractivity contribution in [1.29, 1.82) is 0 Å². The highest BCUT2D eigenvalue weighted by Gasteiger charge is 2.56. The number of hydrogen-bond acceptors (Lipinski definition) is 11. The smallest absolute Gasteiger partial charge is 0.497 e. The Labute approximate surface area is 210 Å². The average molecular weight is 532 g/mol. The van der Waals surface area contributed by atoms with Crippen LogP contribution in [0.5, 0.6) is 11.6 Å². The zero-order valence-electron chi connectivity index (χ0n) is 20.8. The van der Waals surface area contributed by atoms with Gasteiger partial charge in [-0.15, -0.1) is 5.10 Å². The van der Waals surface area contributed by atoms with Gasteiger partial charge in [0.15, 0.2) is 6.10 Å². The van der Waals surface area contributed by atoms with Crippen LogP contribution in [0.25, 0.3) is 0 Å². The van der Waals surface area contributed by atoms with Crippen molar-refractivity contribution in [2.24, 2.45) is 0 Å². The van der Waals surface area contributed by atoms with Crippen molar-refractivity contribution in [3.05, 3.63) is 40.6 Å². The summed E-state index contributed by atoms with van der Waals surface area (Å²) in [5.41, 5.74) is 0.234. The van der Waals surface area contributed by atoms with E-state index in [0.29, 0.717) is 5.69 Å². The first kappa shape index (κ1) is 28.5. The van der Waals surface area contributed by atoms with E-state index in [0.717, 1.165) is 19.2 Å². The van der Waals surface area contributed by atoms with Gasteiger partial charge in [0.05, 0.1) is 14.2 Å². The van der Waals surface area contributed by atoms with Gasteiger partial charge in [0, 0.05) is 41.4 Å². The summed E-state index contributed by atoms with van der Waals surface area (Å²) in [5, 5.41) is 46.3. The lowest BCUT2D eigenvalue weighted by atomic mass is 9.97. The van der Waals surface area contributed by atoms with Crippen LogP contribution in [0.3, 0.4) is 0 Å². The predicted molar refractivity (Wildman–Crippen MR) is 120 cm³/mol. The van der Waals surface area contributed by atoms with E-state index in [-0.39, 0.29) is 35.2 Å². The summed E-state index contributed by atoms with van der Waals surface area (Å²) in [4.78, 5) is 11.3. The number of hydrogen-bond donors (Lipinski definition) is 4.